The van der Waals surface area contributed by atoms with E-state index in [2.05, 4.69) is 13.5 Å². The lowest BCUT2D eigenvalue weighted by atomic mass is 10.3. The third kappa shape index (κ3) is 4.13. The van der Waals surface area contributed by atoms with E-state index >= 15 is 0 Å². The topological polar surface area (TPSA) is 40.5 Å². The van der Waals surface area contributed by atoms with Gasteiger partial charge in [0, 0.05) is 13.1 Å². The Morgan fingerprint density at radius 1 is 1.58 bits per heavy atom. The second-order valence-electron chi connectivity index (χ2n) is 2.61. The van der Waals surface area contributed by atoms with Gasteiger partial charge in [-0.25, -0.2) is 0 Å². The SMILES string of the molecule is C=CC(=O)N(CCO)CCCC. The number of hydrogen-bond acceptors (Lipinski definition) is 2. The fourth-order valence-corrected chi connectivity index (χ4v) is 0.931. The summed E-state index contributed by atoms with van der Waals surface area (Å²) in [7, 11) is 0. The molecule has 3 heteroatoms. The fourth-order valence-electron chi connectivity index (χ4n) is 0.931. The van der Waals surface area contributed by atoms with Crippen LogP contribution in [-0.4, -0.2) is 35.6 Å². The standard InChI is InChI=1S/C9H17NO2/c1-3-5-6-10(7-8-11)9(12)4-2/h4,11H,2-3,5-8H2,1H3. The molecule has 12 heavy (non-hydrogen) atoms. The zero-order chi connectivity index (χ0) is 9.40. The number of carbonyl (C=O) groups is 1. The van der Waals surface area contributed by atoms with Gasteiger partial charge in [0.15, 0.2) is 0 Å². The monoisotopic (exact) mass is 171 g/mol. The first kappa shape index (κ1) is 11.2. The minimum atomic E-state index is -0.0995. The Labute approximate surface area is 73.7 Å². The molecule has 1 N–H and O–H groups in total. The largest absolute Gasteiger partial charge is 0.395 e. The van der Waals surface area contributed by atoms with Crippen molar-refractivity contribution < 1.29 is 9.90 Å². The fraction of sp³-hybridized carbons (Fsp3) is 0.667. The molecule has 0 fully saturated rings. The third-order valence-corrected chi connectivity index (χ3v) is 1.64. The Balaban J connectivity index is 3.84. The summed E-state index contributed by atoms with van der Waals surface area (Å²) in [5.41, 5.74) is 0. The molecule has 0 aliphatic carbocycles. The molecule has 3 nitrogen and oxygen atoms in total. The molecule has 0 saturated heterocycles. The average Bonchev–Trinajstić information content (AvgIpc) is 2.11. The average molecular weight is 171 g/mol. The van der Waals surface area contributed by atoms with Gasteiger partial charge in [-0.3, -0.25) is 4.79 Å². The lowest BCUT2D eigenvalue weighted by Gasteiger charge is -2.19. The summed E-state index contributed by atoms with van der Waals surface area (Å²) in [6.07, 6.45) is 3.30. The smallest absolute Gasteiger partial charge is 0.246 e. The zero-order valence-electron chi connectivity index (χ0n) is 7.62. The number of hydrogen-bond donors (Lipinski definition) is 1. The van der Waals surface area contributed by atoms with Gasteiger partial charge in [-0.2, -0.15) is 0 Å². The molecule has 1 amide bonds. The molecule has 0 saturated carbocycles. The molecule has 0 unspecified atom stereocenters. The molecule has 0 aliphatic heterocycles. The summed E-state index contributed by atoms with van der Waals surface area (Å²) in [5, 5.41) is 8.65. The van der Waals surface area contributed by atoms with Crippen LogP contribution in [0.25, 0.3) is 0 Å². The van der Waals surface area contributed by atoms with Crippen LogP contribution in [0.3, 0.4) is 0 Å². The molecule has 0 spiro atoms. The van der Waals surface area contributed by atoms with Gasteiger partial charge in [-0.1, -0.05) is 19.9 Å². The van der Waals surface area contributed by atoms with Crippen LogP contribution in [0.15, 0.2) is 12.7 Å². The van der Waals surface area contributed by atoms with Crippen LogP contribution in [-0.2, 0) is 4.79 Å². The molecule has 0 radical (unpaired) electrons. The van der Waals surface area contributed by atoms with E-state index < -0.39 is 0 Å². The molecule has 0 heterocycles. The van der Waals surface area contributed by atoms with Crippen LogP contribution in [0.1, 0.15) is 19.8 Å². The van der Waals surface area contributed by atoms with Gasteiger partial charge < -0.3 is 10.0 Å². The molecule has 0 aliphatic rings. The minimum Gasteiger partial charge on any atom is -0.395 e. The van der Waals surface area contributed by atoms with Crippen LogP contribution in [0, 0.1) is 0 Å². The Bertz CT molecular complexity index is 145. The van der Waals surface area contributed by atoms with Gasteiger partial charge >= 0.3 is 0 Å². The van der Waals surface area contributed by atoms with Crippen molar-refractivity contribution in [3.8, 4) is 0 Å². The van der Waals surface area contributed by atoms with Crippen molar-refractivity contribution >= 4 is 5.91 Å². The Morgan fingerprint density at radius 3 is 2.67 bits per heavy atom. The molecule has 0 bridgehead atoms. The number of nitrogens with zero attached hydrogens (tertiary/aromatic N) is 1. The highest BCUT2D eigenvalue weighted by Gasteiger charge is 2.07. The van der Waals surface area contributed by atoms with Crippen LogP contribution >= 0.6 is 0 Å². The van der Waals surface area contributed by atoms with Gasteiger partial charge in [-0.05, 0) is 12.5 Å². The first-order chi connectivity index (χ1) is 5.76. The first-order valence-corrected chi connectivity index (χ1v) is 4.28. The van der Waals surface area contributed by atoms with Gasteiger partial charge in [0.05, 0.1) is 6.61 Å². The second kappa shape index (κ2) is 6.85. The number of carbonyl (C=O) groups excluding carboxylic acids is 1. The lowest BCUT2D eigenvalue weighted by Crippen LogP contribution is -2.32. The van der Waals surface area contributed by atoms with E-state index in [0.29, 0.717) is 13.1 Å². The van der Waals surface area contributed by atoms with Crippen LogP contribution in [0.2, 0.25) is 0 Å². The van der Waals surface area contributed by atoms with Gasteiger partial charge in [0.1, 0.15) is 0 Å². The van der Waals surface area contributed by atoms with Crippen molar-refractivity contribution in [2.75, 3.05) is 19.7 Å². The predicted octanol–water partition coefficient (Wildman–Crippen LogP) is 0.793. The van der Waals surface area contributed by atoms with E-state index in [0.717, 1.165) is 12.8 Å². The summed E-state index contributed by atoms with van der Waals surface area (Å²) < 4.78 is 0. The normalized spacial score (nSPS) is 9.50. The summed E-state index contributed by atoms with van der Waals surface area (Å²) in [4.78, 5) is 12.7. The first-order valence-electron chi connectivity index (χ1n) is 4.28. The summed E-state index contributed by atoms with van der Waals surface area (Å²) in [6, 6.07) is 0. The number of amides is 1. The van der Waals surface area contributed by atoms with Gasteiger partial charge in [-0.15, -0.1) is 0 Å². The van der Waals surface area contributed by atoms with E-state index in [9.17, 15) is 4.79 Å². The molecule has 0 atom stereocenters. The predicted molar refractivity (Wildman–Crippen MR) is 48.8 cm³/mol. The van der Waals surface area contributed by atoms with E-state index in [4.69, 9.17) is 5.11 Å². The Morgan fingerprint density at radius 2 is 2.25 bits per heavy atom. The highest BCUT2D eigenvalue weighted by atomic mass is 16.3. The number of unbranched alkanes of at least 4 members (excludes halogenated alkanes) is 1. The third-order valence-electron chi connectivity index (χ3n) is 1.64. The number of aliphatic hydroxyl groups excluding tert-OH is 1. The second-order valence-corrected chi connectivity index (χ2v) is 2.61. The minimum absolute atomic E-state index is 0.0172. The van der Waals surface area contributed by atoms with Crippen molar-refractivity contribution in [2.45, 2.75) is 19.8 Å². The highest BCUT2D eigenvalue weighted by molar-refractivity contribution is 5.86. The van der Waals surface area contributed by atoms with E-state index in [1.807, 2.05) is 0 Å². The van der Waals surface area contributed by atoms with Crippen molar-refractivity contribution in [3.05, 3.63) is 12.7 Å². The lowest BCUT2D eigenvalue weighted by molar-refractivity contribution is -0.126. The molecular weight excluding hydrogens is 154 g/mol. The summed E-state index contributed by atoms with van der Waals surface area (Å²) in [6.45, 7) is 6.60. The van der Waals surface area contributed by atoms with Crippen molar-refractivity contribution in [3.63, 3.8) is 0 Å². The van der Waals surface area contributed by atoms with E-state index in [-0.39, 0.29) is 12.5 Å². The van der Waals surface area contributed by atoms with Crippen LogP contribution < -0.4 is 0 Å². The molecule has 0 aromatic rings. The summed E-state index contributed by atoms with van der Waals surface area (Å²) in [5.74, 6) is -0.0995. The van der Waals surface area contributed by atoms with Gasteiger partial charge in [0.25, 0.3) is 0 Å². The number of rotatable bonds is 6. The zero-order valence-corrected chi connectivity index (χ0v) is 7.62. The maximum atomic E-state index is 11.1. The van der Waals surface area contributed by atoms with E-state index in [1.165, 1.54) is 6.08 Å². The van der Waals surface area contributed by atoms with Crippen LogP contribution in [0.5, 0.6) is 0 Å². The van der Waals surface area contributed by atoms with Crippen molar-refractivity contribution in [1.29, 1.82) is 0 Å². The maximum Gasteiger partial charge on any atom is 0.246 e. The Kier molecular flexibility index (Phi) is 6.38. The molecule has 0 aromatic heterocycles. The highest BCUT2D eigenvalue weighted by Crippen LogP contribution is 1.95. The molecule has 70 valence electrons. The van der Waals surface area contributed by atoms with Crippen LogP contribution in [0.4, 0.5) is 0 Å². The summed E-state index contributed by atoms with van der Waals surface area (Å²) >= 11 is 0. The van der Waals surface area contributed by atoms with Crippen molar-refractivity contribution in [2.24, 2.45) is 0 Å². The Hall–Kier alpha value is -0.830. The molecule has 0 aromatic carbocycles. The quantitative estimate of drug-likeness (QED) is 0.600. The molecule has 0 rings (SSSR count). The molecular formula is C9H17NO2. The van der Waals surface area contributed by atoms with Crippen molar-refractivity contribution in [1.82, 2.24) is 4.90 Å². The number of aliphatic hydroxyl groups is 1. The van der Waals surface area contributed by atoms with Gasteiger partial charge in [0.2, 0.25) is 5.91 Å². The van der Waals surface area contributed by atoms with E-state index in [1.54, 1.807) is 4.90 Å². The maximum absolute atomic E-state index is 11.1.